The fraction of sp³-hybridized carbons (Fsp3) is 0.125. The van der Waals surface area contributed by atoms with Gasteiger partial charge in [-0.25, -0.2) is 19.7 Å². The van der Waals surface area contributed by atoms with Gasteiger partial charge in [0.2, 0.25) is 0 Å². The number of benzene rings is 1. The number of carbonyl (C=O) groups excluding carboxylic acids is 1. The molecule has 5 heteroatoms. The van der Waals surface area contributed by atoms with Crippen molar-refractivity contribution in [2.24, 2.45) is 0 Å². The molecule has 5 nitrogen and oxygen atoms in total. The van der Waals surface area contributed by atoms with E-state index in [2.05, 4.69) is 15.0 Å². The van der Waals surface area contributed by atoms with E-state index >= 15 is 0 Å². The van der Waals surface area contributed by atoms with Crippen molar-refractivity contribution in [3.63, 3.8) is 0 Å². The number of ether oxygens (including phenoxy) is 1. The predicted octanol–water partition coefficient (Wildman–Crippen LogP) is 2.69. The Hall–Kier alpha value is -2.82. The van der Waals surface area contributed by atoms with E-state index in [4.69, 9.17) is 4.74 Å². The monoisotopic (exact) mass is 279 g/mol. The standard InChI is InChI=1S/C16H13N3O2/c1-11-12-6-2-3-7-13(12)19-15(18-11)10-21-16(20)14-8-4-5-9-17-14/h2-9H,10H2,1H3. The van der Waals surface area contributed by atoms with Crippen molar-refractivity contribution in [1.29, 1.82) is 0 Å². The van der Waals surface area contributed by atoms with Crippen LogP contribution in [0.15, 0.2) is 48.7 Å². The van der Waals surface area contributed by atoms with E-state index in [1.807, 2.05) is 31.2 Å². The van der Waals surface area contributed by atoms with Crippen LogP contribution in [0.5, 0.6) is 0 Å². The number of fused-ring (bicyclic) bond motifs is 1. The highest BCUT2D eigenvalue weighted by atomic mass is 16.5. The number of hydrogen-bond acceptors (Lipinski definition) is 5. The Bertz CT molecular complexity index is 788. The average molecular weight is 279 g/mol. The molecule has 104 valence electrons. The van der Waals surface area contributed by atoms with Crippen LogP contribution >= 0.6 is 0 Å². The van der Waals surface area contributed by atoms with E-state index in [9.17, 15) is 4.79 Å². The van der Waals surface area contributed by atoms with Crippen LogP contribution in [0.25, 0.3) is 10.9 Å². The van der Waals surface area contributed by atoms with Crippen LogP contribution in [0.2, 0.25) is 0 Å². The van der Waals surface area contributed by atoms with Crippen molar-refractivity contribution in [1.82, 2.24) is 15.0 Å². The normalized spacial score (nSPS) is 10.5. The Morgan fingerprint density at radius 1 is 1.10 bits per heavy atom. The number of hydrogen-bond donors (Lipinski definition) is 0. The van der Waals surface area contributed by atoms with E-state index in [1.165, 1.54) is 0 Å². The van der Waals surface area contributed by atoms with Crippen LogP contribution in [0.4, 0.5) is 0 Å². The van der Waals surface area contributed by atoms with Gasteiger partial charge in [0, 0.05) is 17.3 Å². The fourth-order valence-electron chi connectivity index (χ4n) is 2.05. The molecular weight excluding hydrogens is 266 g/mol. The van der Waals surface area contributed by atoms with E-state index in [-0.39, 0.29) is 12.3 Å². The molecule has 0 spiro atoms. The molecule has 0 saturated heterocycles. The molecule has 0 radical (unpaired) electrons. The topological polar surface area (TPSA) is 65.0 Å². The quantitative estimate of drug-likeness (QED) is 0.690. The smallest absolute Gasteiger partial charge is 0.357 e. The molecule has 0 N–H and O–H groups in total. The second-order valence-electron chi connectivity index (χ2n) is 4.53. The molecule has 1 aromatic carbocycles. The van der Waals surface area contributed by atoms with E-state index in [0.29, 0.717) is 5.82 Å². The van der Waals surface area contributed by atoms with E-state index in [0.717, 1.165) is 16.6 Å². The number of pyridine rings is 1. The summed E-state index contributed by atoms with van der Waals surface area (Å²) < 4.78 is 5.19. The van der Waals surface area contributed by atoms with Crippen molar-refractivity contribution in [3.8, 4) is 0 Å². The molecule has 0 bridgehead atoms. The van der Waals surface area contributed by atoms with Gasteiger partial charge in [-0.3, -0.25) is 0 Å². The van der Waals surface area contributed by atoms with Gasteiger partial charge in [0.05, 0.1) is 5.52 Å². The van der Waals surface area contributed by atoms with Crippen LogP contribution < -0.4 is 0 Å². The van der Waals surface area contributed by atoms with Gasteiger partial charge in [0.1, 0.15) is 5.69 Å². The molecule has 0 aliphatic rings. The van der Waals surface area contributed by atoms with Gasteiger partial charge in [0.25, 0.3) is 0 Å². The third-order valence-corrected chi connectivity index (χ3v) is 3.05. The number of carbonyl (C=O) groups is 1. The van der Waals surface area contributed by atoms with E-state index in [1.54, 1.807) is 24.4 Å². The Balaban J connectivity index is 1.78. The maximum atomic E-state index is 11.8. The van der Waals surface area contributed by atoms with Gasteiger partial charge in [-0.15, -0.1) is 0 Å². The average Bonchev–Trinajstić information content (AvgIpc) is 2.53. The largest absolute Gasteiger partial charge is 0.453 e. The predicted molar refractivity (Wildman–Crippen MR) is 77.6 cm³/mol. The highest BCUT2D eigenvalue weighted by Gasteiger charge is 2.10. The third-order valence-electron chi connectivity index (χ3n) is 3.05. The molecule has 0 atom stereocenters. The zero-order valence-corrected chi connectivity index (χ0v) is 11.5. The molecule has 2 heterocycles. The molecule has 0 aliphatic carbocycles. The first kappa shape index (κ1) is 13.2. The summed E-state index contributed by atoms with van der Waals surface area (Å²) in [6, 6.07) is 12.8. The van der Waals surface area contributed by atoms with Crippen LogP contribution in [0.3, 0.4) is 0 Å². The lowest BCUT2D eigenvalue weighted by Crippen LogP contribution is -2.09. The summed E-state index contributed by atoms with van der Waals surface area (Å²) in [6.07, 6.45) is 1.55. The maximum Gasteiger partial charge on any atom is 0.357 e. The summed E-state index contributed by atoms with van der Waals surface area (Å²) >= 11 is 0. The molecule has 0 amide bonds. The first-order chi connectivity index (χ1) is 10.2. The van der Waals surface area contributed by atoms with Crippen molar-refractivity contribution in [2.75, 3.05) is 0 Å². The van der Waals surface area contributed by atoms with Gasteiger partial charge in [-0.05, 0) is 25.1 Å². The van der Waals surface area contributed by atoms with Crippen LogP contribution in [-0.4, -0.2) is 20.9 Å². The number of aryl methyl sites for hydroxylation is 1. The minimum atomic E-state index is -0.481. The molecule has 0 unspecified atom stereocenters. The summed E-state index contributed by atoms with van der Waals surface area (Å²) in [5, 5.41) is 0.998. The Morgan fingerprint density at radius 2 is 1.90 bits per heavy atom. The van der Waals surface area contributed by atoms with Crippen LogP contribution in [0.1, 0.15) is 22.0 Å². The minimum absolute atomic E-state index is 0.0289. The molecule has 2 aromatic heterocycles. The molecule has 0 saturated carbocycles. The Labute approximate surface area is 121 Å². The highest BCUT2D eigenvalue weighted by molar-refractivity contribution is 5.87. The van der Waals surface area contributed by atoms with Gasteiger partial charge >= 0.3 is 5.97 Å². The van der Waals surface area contributed by atoms with Gasteiger partial charge in [-0.2, -0.15) is 0 Å². The van der Waals surface area contributed by atoms with E-state index < -0.39 is 5.97 Å². The lowest BCUT2D eigenvalue weighted by Gasteiger charge is -2.06. The van der Waals surface area contributed by atoms with Gasteiger partial charge in [0.15, 0.2) is 12.4 Å². The molecule has 0 fully saturated rings. The number of esters is 1. The zero-order chi connectivity index (χ0) is 14.7. The first-order valence-corrected chi connectivity index (χ1v) is 6.54. The molecule has 3 rings (SSSR count). The Kier molecular flexibility index (Phi) is 3.55. The number of para-hydroxylation sites is 1. The third kappa shape index (κ3) is 2.86. The fourth-order valence-corrected chi connectivity index (χ4v) is 2.05. The van der Waals surface area contributed by atoms with Crippen LogP contribution in [0, 0.1) is 6.92 Å². The molecule has 0 aliphatic heterocycles. The highest BCUT2D eigenvalue weighted by Crippen LogP contribution is 2.15. The molecular formula is C16H13N3O2. The number of rotatable bonds is 3. The Morgan fingerprint density at radius 3 is 2.71 bits per heavy atom. The second-order valence-corrected chi connectivity index (χ2v) is 4.53. The summed E-state index contributed by atoms with van der Waals surface area (Å²) in [6.45, 7) is 1.94. The number of aromatic nitrogens is 3. The van der Waals surface area contributed by atoms with Crippen LogP contribution in [-0.2, 0) is 11.3 Å². The lowest BCUT2D eigenvalue weighted by atomic mass is 10.2. The van der Waals surface area contributed by atoms with Gasteiger partial charge < -0.3 is 4.74 Å². The zero-order valence-electron chi connectivity index (χ0n) is 11.5. The van der Waals surface area contributed by atoms with Crippen molar-refractivity contribution < 1.29 is 9.53 Å². The molecule has 21 heavy (non-hydrogen) atoms. The number of nitrogens with zero attached hydrogens (tertiary/aromatic N) is 3. The lowest BCUT2D eigenvalue weighted by molar-refractivity contribution is 0.0455. The molecule has 3 aromatic rings. The summed E-state index contributed by atoms with van der Waals surface area (Å²) in [5.74, 6) is 0.000456. The first-order valence-electron chi connectivity index (χ1n) is 6.54. The summed E-state index contributed by atoms with van der Waals surface area (Å²) in [4.78, 5) is 24.5. The van der Waals surface area contributed by atoms with Crippen molar-refractivity contribution in [2.45, 2.75) is 13.5 Å². The maximum absolute atomic E-state index is 11.8. The van der Waals surface area contributed by atoms with Gasteiger partial charge in [-0.1, -0.05) is 24.3 Å². The SMILES string of the molecule is Cc1nc(COC(=O)c2ccccn2)nc2ccccc12. The van der Waals surface area contributed by atoms with Crippen molar-refractivity contribution >= 4 is 16.9 Å². The minimum Gasteiger partial charge on any atom is -0.453 e. The summed E-state index contributed by atoms with van der Waals surface area (Å²) in [5.41, 5.74) is 1.98. The summed E-state index contributed by atoms with van der Waals surface area (Å²) in [7, 11) is 0. The second kappa shape index (κ2) is 5.66. The van der Waals surface area contributed by atoms with Crippen molar-refractivity contribution in [3.05, 3.63) is 65.9 Å².